The molecule has 1 aromatic rings. The molecular weight excluding hydrogens is 266 g/mol. The minimum absolute atomic E-state index is 0.00952. The molecule has 21 heavy (non-hydrogen) atoms. The van der Waals surface area contributed by atoms with Crippen molar-refractivity contribution in [2.75, 3.05) is 0 Å². The first-order chi connectivity index (χ1) is 10.1. The summed E-state index contributed by atoms with van der Waals surface area (Å²) in [6.07, 6.45) is 4.74. The van der Waals surface area contributed by atoms with Crippen molar-refractivity contribution in [2.24, 2.45) is 23.7 Å². The molecule has 2 aliphatic rings. The number of rotatable bonds is 4. The molecule has 2 bridgehead atoms. The van der Waals surface area contributed by atoms with Crippen LogP contribution in [0.3, 0.4) is 0 Å². The fraction of sp³-hybridized carbons (Fsp3) is 0.412. The first-order valence-corrected chi connectivity index (χ1v) is 7.34. The minimum Gasteiger partial charge on any atom is -0.481 e. The molecule has 2 N–H and O–H groups in total. The van der Waals surface area contributed by atoms with Crippen molar-refractivity contribution >= 4 is 11.9 Å². The lowest BCUT2D eigenvalue weighted by molar-refractivity contribution is -0.148. The number of benzene rings is 1. The summed E-state index contributed by atoms with van der Waals surface area (Å²) in [6, 6.07) is 9.59. The number of hydrogen-bond donors (Lipinski definition) is 2. The third-order valence-corrected chi connectivity index (χ3v) is 4.71. The number of amides is 1. The van der Waals surface area contributed by atoms with Crippen LogP contribution in [-0.2, 0) is 9.59 Å². The molecule has 0 unspecified atom stereocenters. The highest BCUT2D eigenvalue weighted by molar-refractivity contribution is 5.87. The summed E-state index contributed by atoms with van der Waals surface area (Å²) < 4.78 is 0. The fourth-order valence-electron chi connectivity index (χ4n) is 3.65. The van der Waals surface area contributed by atoms with Gasteiger partial charge in [-0.3, -0.25) is 9.59 Å². The normalized spacial score (nSPS) is 31.1. The second-order valence-corrected chi connectivity index (χ2v) is 5.98. The fourth-order valence-corrected chi connectivity index (χ4v) is 3.65. The van der Waals surface area contributed by atoms with Crippen LogP contribution >= 0.6 is 0 Å². The van der Waals surface area contributed by atoms with Gasteiger partial charge in [0.15, 0.2) is 0 Å². The lowest BCUT2D eigenvalue weighted by atomic mass is 9.82. The van der Waals surface area contributed by atoms with E-state index in [1.807, 2.05) is 49.4 Å². The van der Waals surface area contributed by atoms with E-state index in [9.17, 15) is 14.7 Å². The van der Waals surface area contributed by atoms with Crippen LogP contribution in [0.2, 0.25) is 0 Å². The van der Waals surface area contributed by atoms with Gasteiger partial charge in [-0.05, 0) is 30.7 Å². The van der Waals surface area contributed by atoms with Crippen LogP contribution < -0.4 is 5.32 Å². The van der Waals surface area contributed by atoms with Crippen LogP contribution in [0.15, 0.2) is 42.5 Å². The lowest BCUT2D eigenvalue weighted by Crippen LogP contribution is -2.41. The zero-order valence-electron chi connectivity index (χ0n) is 11.9. The number of carboxylic acids is 1. The van der Waals surface area contributed by atoms with Crippen LogP contribution in [-0.4, -0.2) is 17.0 Å². The van der Waals surface area contributed by atoms with Crippen molar-refractivity contribution in [3.63, 3.8) is 0 Å². The maximum Gasteiger partial charge on any atom is 0.307 e. The number of aliphatic carboxylic acids is 1. The number of carbonyl (C=O) groups is 2. The van der Waals surface area contributed by atoms with Crippen molar-refractivity contribution in [3.8, 4) is 0 Å². The highest BCUT2D eigenvalue weighted by atomic mass is 16.4. The lowest BCUT2D eigenvalue weighted by Gasteiger charge is -2.25. The van der Waals surface area contributed by atoms with Crippen molar-refractivity contribution in [2.45, 2.75) is 19.4 Å². The van der Waals surface area contributed by atoms with E-state index in [1.54, 1.807) is 0 Å². The Balaban J connectivity index is 1.73. The maximum atomic E-state index is 12.5. The summed E-state index contributed by atoms with van der Waals surface area (Å²) >= 11 is 0. The third-order valence-electron chi connectivity index (χ3n) is 4.71. The van der Waals surface area contributed by atoms with Gasteiger partial charge in [-0.15, -0.1) is 0 Å². The number of carboxylic acid groups (broad SMARTS) is 1. The van der Waals surface area contributed by atoms with E-state index in [-0.39, 0.29) is 23.8 Å². The zero-order valence-corrected chi connectivity index (χ0v) is 11.9. The van der Waals surface area contributed by atoms with Crippen LogP contribution in [0.1, 0.15) is 24.9 Å². The van der Waals surface area contributed by atoms with Crippen molar-refractivity contribution < 1.29 is 14.7 Å². The van der Waals surface area contributed by atoms with Crippen LogP contribution in [0.4, 0.5) is 0 Å². The molecule has 0 radical (unpaired) electrons. The minimum atomic E-state index is -0.862. The Morgan fingerprint density at radius 1 is 1.14 bits per heavy atom. The molecule has 1 amide bonds. The predicted molar refractivity (Wildman–Crippen MR) is 78.4 cm³/mol. The molecule has 0 heterocycles. The molecule has 0 aliphatic heterocycles. The topological polar surface area (TPSA) is 66.4 Å². The van der Waals surface area contributed by atoms with Gasteiger partial charge in [0.05, 0.1) is 17.9 Å². The van der Waals surface area contributed by atoms with E-state index in [2.05, 4.69) is 5.32 Å². The largest absolute Gasteiger partial charge is 0.481 e. The SMILES string of the molecule is C[C@H](NC(=O)[C@H]1[C@H](C(=O)O)[C@H]2C=C[C@H]1C2)c1ccccc1. The summed E-state index contributed by atoms with van der Waals surface area (Å²) in [5.74, 6) is -1.95. The van der Waals surface area contributed by atoms with Crippen molar-refractivity contribution in [1.29, 1.82) is 0 Å². The summed E-state index contributed by atoms with van der Waals surface area (Å²) in [5, 5.41) is 12.4. The van der Waals surface area contributed by atoms with E-state index in [4.69, 9.17) is 0 Å². The van der Waals surface area contributed by atoms with Gasteiger partial charge in [-0.2, -0.15) is 0 Å². The van der Waals surface area contributed by atoms with E-state index in [0.29, 0.717) is 0 Å². The Morgan fingerprint density at radius 2 is 1.76 bits per heavy atom. The van der Waals surface area contributed by atoms with Crippen LogP contribution in [0.5, 0.6) is 0 Å². The van der Waals surface area contributed by atoms with E-state index in [0.717, 1.165) is 12.0 Å². The molecule has 3 rings (SSSR count). The molecule has 0 saturated heterocycles. The molecular formula is C17H19NO3. The Bertz CT molecular complexity index is 581. The quantitative estimate of drug-likeness (QED) is 0.835. The molecule has 4 nitrogen and oxygen atoms in total. The predicted octanol–water partition coefficient (Wildman–Crippen LogP) is 2.39. The molecule has 5 atom stereocenters. The molecule has 1 aromatic carbocycles. The standard InChI is InChI=1S/C17H19NO3/c1-10(11-5-3-2-4-6-11)18-16(19)14-12-7-8-13(9-12)15(14)17(20)21/h2-8,10,12-15H,9H2,1H3,(H,18,19)(H,20,21)/t10-,12-,13-,14+,15+/m0/s1. The molecule has 0 aromatic heterocycles. The summed E-state index contributed by atoms with van der Waals surface area (Å²) in [6.45, 7) is 1.92. The van der Waals surface area contributed by atoms with Gasteiger partial charge < -0.3 is 10.4 Å². The number of nitrogens with one attached hydrogen (secondary N) is 1. The molecule has 1 fully saturated rings. The zero-order chi connectivity index (χ0) is 15.0. The van der Waals surface area contributed by atoms with E-state index in [1.165, 1.54) is 0 Å². The van der Waals surface area contributed by atoms with Crippen LogP contribution in [0.25, 0.3) is 0 Å². The molecule has 110 valence electrons. The Hall–Kier alpha value is -2.10. The third kappa shape index (κ3) is 2.46. The highest BCUT2D eigenvalue weighted by Gasteiger charge is 2.51. The Morgan fingerprint density at radius 3 is 2.38 bits per heavy atom. The van der Waals surface area contributed by atoms with E-state index < -0.39 is 17.8 Å². The number of carbonyl (C=O) groups excluding carboxylic acids is 1. The summed E-state index contributed by atoms with van der Waals surface area (Å²) in [4.78, 5) is 24.0. The van der Waals surface area contributed by atoms with Gasteiger partial charge in [0.1, 0.15) is 0 Å². The van der Waals surface area contributed by atoms with Gasteiger partial charge in [-0.1, -0.05) is 42.5 Å². The second-order valence-electron chi connectivity index (χ2n) is 5.98. The second kappa shape index (κ2) is 5.35. The van der Waals surface area contributed by atoms with Gasteiger partial charge in [0.2, 0.25) is 5.91 Å². The number of fused-ring (bicyclic) bond motifs is 2. The Labute approximate surface area is 123 Å². The van der Waals surface area contributed by atoms with Gasteiger partial charge in [0, 0.05) is 0 Å². The molecule has 0 spiro atoms. The molecule has 4 heteroatoms. The molecule has 2 aliphatic carbocycles. The highest BCUT2D eigenvalue weighted by Crippen LogP contribution is 2.48. The average molecular weight is 285 g/mol. The average Bonchev–Trinajstić information content (AvgIpc) is 3.08. The maximum absolute atomic E-state index is 12.5. The Kier molecular flexibility index (Phi) is 3.53. The summed E-state index contributed by atoms with van der Waals surface area (Å²) in [7, 11) is 0. The smallest absolute Gasteiger partial charge is 0.307 e. The first-order valence-electron chi connectivity index (χ1n) is 7.34. The van der Waals surface area contributed by atoms with Gasteiger partial charge in [-0.25, -0.2) is 0 Å². The van der Waals surface area contributed by atoms with Crippen molar-refractivity contribution in [3.05, 3.63) is 48.0 Å². The van der Waals surface area contributed by atoms with Crippen LogP contribution in [0, 0.1) is 23.7 Å². The number of allylic oxidation sites excluding steroid dienone is 2. The van der Waals surface area contributed by atoms with Gasteiger partial charge >= 0.3 is 5.97 Å². The number of hydrogen-bond acceptors (Lipinski definition) is 2. The van der Waals surface area contributed by atoms with E-state index >= 15 is 0 Å². The molecule has 1 saturated carbocycles. The van der Waals surface area contributed by atoms with Gasteiger partial charge in [0.25, 0.3) is 0 Å². The van der Waals surface area contributed by atoms with Crippen molar-refractivity contribution in [1.82, 2.24) is 5.32 Å². The first kappa shape index (κ1) is 13.9. The summed E-state index contributed by atoms with van der Waals surface area (Å²) in [5.41, 5.74) is 1.02. The monoisotopic (exact) mass is 285 g/mol.